The molecule has 0 bridgehead atoms. The third-order valence-electron chi connectivity index (χ3n) is 5.12. The Bertz CT molecular complexity index is 1120. The van der Waals surface area contributed by atoms with E-state index < -0.39 is 17.6 Å². The molecule has 0 aliphatic carbocycles. The highest BCUT2D eigenvalue weighted by Gasteiger charge is 2.32. The van der Waals surface area contributed by atoms with Gasteiger partial charge in [0.2, 0.25) is 11.8 Å². The lowest BCUT2D eigenvalue weighted by molar-refractivity contribution is -0.137. The van der Waals surface area contributed by atoms with Gasteiger partial charge in [0.1, 0.15) is 0 Å². The van der Waals surface area contributed by atoms with E-state index in [0.29, 0.717) is 16.3 Å². The zero-order chi connectivity index (χ0) is 23.4. The minimum absolute atomic E-state index is 0.0993. The normalized spacial score (nSPS) is 14.4. The van der Waals surface area contributed by atoms with Crippen LogP contribution in [0.1, 0.15) is 24.8 Å². The van der Waals surface area contributed by atoms with E-state index >= 15 is 0 Å². The predicted octanol–water partition coefficient (Wildman–Crippen LogP) is 6.13. The molecule has 3 aromatic rings. The topological polar surface area (TPSA) is 71.3 Å². The molecule has 1 saturated heterocycles. The number of nitrogens with zero attached hydrogens (tertiary/aromatic N) is 3. The molecular weight excluding hydrogens is 477 g/mol. The molecule has 1 N–H and O–H groups in total. The first-order valence-corrected chi connectivity index (χ1v) is 11.6. The molecular formula is C22H20ClF3N4O2S. The summed E-state index contributed by atoms with van der Waals surface area (Å²) >= 11 is 6.87. The van der Waals surface area contributed by atoms with Crippen LogP contribution in [0.3, 0.4) is 0 Å². The molecule has 11 heteroatoms. The van der Waals surface area contributed by atoms with Crippen molar-refractivity contribution in [2.45, 2.75) is 30.7 Å². The monoisotopic (exact) mass is 496 g/mol. The fourth-order valence-electron chi connectivity index (χ4n) is 3.51. The molecule has 1 fully saturated rings. The second-order valence-electron chi connectivity index (χ2n) is 7.49. The van der Waals surface area contributed by atoms with Gasteiger partial charge in [-0.05, 0) is 61.7 Å². The molecule has 0 unspecified atom stereocenters. The molecule has 0 radical (unpaired) electrons. The highest BCUT2D eigenvalue weighted by atomic mass is 35.5. The van der Waals surface area contributed by atoms with Crippen molar-refractivity contribution in [2.24, 2.45) is 0 Å². The highest BCUT2D eigenvalue weighted by Crippen LogP contribution is 2.36. The first-order valence-electron chi connectivity index (χ1n) is 10.3. The van der Waals surface area contributed by atoms with E-state index in [-0.39, 0.29) is 22.6 Å². The van der Waals surface area contributed by atoms with E-state index in [1.165, 1.54) is 6.07 Å². The number of halogens is 4. The fourth-order valence-corrected chi connectivity index (χ4v) is 4.20. The number of rotatable bonds is 6. The Kier molecular flexibility index (Phi) is 7.14. The summed E-state index contributed by atoms with van der Waals surface area (Å²) in [5.74, 6) is -0.290. The van der Waals surface area contributed by atoms with Gasteiger partial charge in [-0.2, -0.15) is 13.2 Å². The first-order chi connectivity index (χ1) is 15.8. The van der Waals surface area contributed by atoms with Crippen LogP contribution in [0.2, 0.25) is 5.02 Å². The minimum atomic E-state index is -4.50. The summed E-state index contributed by atoms with van der Waals surface area (Å²) in [6, 6.07) is 10.3. The fraction of sp³-hybridized carbons (Fsp3) is 0.318. The number of amides is 1. The van der Waals surface area contributed by atoms with Crippen molar-refractivity contribution in [3.8, 4) is 11.5 Å². The van der Waals surface area contributed by atoms with Crippen LogP contribution in [-0.2, 0) is 11.0 Å². The van der Waals surface area contributed by atoms with Crippen LogP contribution in [0, 0.1) is 0 Å². The number of aromatic nitrogens is 2. The van der Waals surface area contributed by atoms with Gasteiger partial charge in [0.15, 0.2) is 0 Å². The Morgan fingerprint density at radius 1 is 1.09 bits per heavy atom. The minimum Gasteiger partial charge on any atom is -0.411 e. The van der Waals surface area contributed by atoms with Crippen molar-refractivity contribution in [1.82, 2.24) is 10.2 Å². The van der Waals surface area contributed by atoms with Gasteiger partial charge in [0, 0.05) is 23.7 Å². The number of piperidine rings is 1. The van der Waals surface area contributed by atoms with Crippen LogP contribution in [0.25, 0.3) is 11.5 Å². The number of alkyl halides is 3. The van der Waals surface area contributed by atoms with Crippen molar-refractivity contribution in [3.05, 3.63) is 53.1 Å². The van der Waals surface area contributed by atoms with Gasteiger partial charge >= 0.3 is 6.18 Å². The summed E-state index contributed by atoms with van der Waals surface area (Å²) in [6.07, 6.45) is -1.51. The summed E-state index contributed by atoms with van der Waals surface area (Å²) in [5, 5.41) is 11.2. The molecule has 1 aliphatic heterocycles. The van der Waals surface area contributed by atoms with Crippen molar-refractivity contribution in [3.63, 3.8) is 0 Å². The standard InChI is InChI=1S/C22H20ClF3N4O2S/c23-16-7-4-14(5-8-16)20-28-29-21(32-20)33-13-19(31)27-17-12-15(22(24,25)26)6-9-18(17)30-10-2-1-3-11-30/h4-9,12H,1-3,10-11,13H2,(H,27,31). The van der Waals surface area contributed by atoms with E-state index in [2.05, 4.69) is 15.5 Å². The smallest absolute Gasteiger partial charge is 0.411 e. The summed E-state index contributed by atoms with van der Waals surface area (Å²) in [6.45, 7) is 1.47. The molecule has 174 valence electrons. The maximum atomic E-state index is 13.2. The van der Waals surface area contributed by atoms with Crippen LogP contribution in [-0.4, -0.2) is 34.9 Å². The van der Waals surface area contributed by atoms with Crippen LogP contribution >= 0.6 is 23.4 Å². The number of hydrogen-bond donors (Lipinski definition) is 1. The number of carbonyl (C=O) groups excluding carboxylic acids is 1. The molecule has 33 heavy (non-hydrogen) atoms. The zero-order valence-corrected chi connectivity index (χ0v) is 18.9. The van der Waals surface area contributed by atoms with Gasteiger partial charge in [0.05, 0.1) is 22.7 Å². The molecule has 1 amide bonds. The largest absolute Gasteiger partial charge is 0.416 e. The van der Waals surface area contributed by atoms with Gasteiger partial charge in [0.25, 0.3) is 5.22 Å². The predicted molar refractivity (Wildman–Crippen MR) is 122 cm³/mol. The lowest BCUT2D eigenvalue weighted by atomic mass is 10.1. The summed E-state index contributed by atoms with van der Waals surface area (Å²) in [5.41, 5.74) is 0.600. The number of carbonyl (C=O) groups is 1. The average molecular weight is 497 g/mol. The van der Waals surface area contributed by atoms with Gasteiger partial charge in [-0.1, -0.05) is 23.4 Å². The molecule has 6 nitrogen and oxygen atoms in total. The number of nitrogens with one attached hydrogen (secondary N) is 1. The molecule has 0 spiro atoms. The van der Waals surface area contributed by atoms with E-state index in [9.17, 15) is 18.0 Å². The molecule has 2 aromatic carbocycles. The van der Waals surface area contributed by atoms with Crippen LogP contribution < -0.4 is 10.2 Å². The Morgan fingerprint density at radius 3 is 2.52 bits per heavy atom. The Balaban J connectivity index is 1.44. The van der Waals surface area contributed by atoms with Crippen molar-refractivity contribution in [2.75, 3.05) is 29.1 Å². The van der Waals surface area contributed by atoms with Crippen molar-refractivity contribution >= 4 is 40.6 Å². The number of anilines is 2. The lowest BCUT2D eigenvalue weighted by Crippen LogP contribution is -2.30. The second kappa shape index (κ2) is 10.0. The van der Waals surface area contributed by atoms with Gasteiger partial charge in [-0.25, -0.2) is 0 Å². The molecule has 1 aromatic heterocycles. The Labute approximate surface area is 197 Å². The Morgan fingerprint density at radius 2 is 1.82 bits per heavy atom. The van der Waals surface area contributed by atoms with E-state index in [1.54, 1.807) is 24.3 Å². The third-order valence-corrected chi connectivity index (χ3v) is 6.19. The first kappa shape index (κ1) is 23.4. The zero-order valence-electron chi connectivity index (χ0n) is 17.4. The lowest BCUT2D eigenvalue weighted by Gasteiger charge is -2.31. The molecule has 4 rings (SSSR count). The second-order valence-corrected chi connectivity index (χ2v) is 8.86. The SMILES string of the molecule is O=C(CSc1nnc(-c2ccc(Cl)cc2)o1)Nc1cc(C(F)(F)F)ccc1N1CCCCC1. The van der Waals surface area contributed by atoms with Gasteiger partial charge < -0.3 is 14.6 Å². The van der Waals surface area contributed by atoms with Crippen LogP contribution in [0.5, 0.6) is 0 Å². The molecule has 1 aliphatic rings. The quantitative estimate of drug-likeness (QED) is 0.414. The number of benzene rings is 2. The molecule has 0 saturated carbocycles. The van der Waals surface area contributed by atoms with Crippen LogP contribution in [0.4, 0.5) is 24.5 Å². The molecule has 0 atom stereocenters. The number of hydrogen-bond acceptors (Lipinski definition) is 6. The third kappa shape index (κ3) is 6.00. The maximum Gasteiger partial charge on any atom is 0.416 e. The summed E-state index contributed by atoms with van der Waals surface area (Å²) in [7, 11) is 0. The van der Waals surface area contributed by atoms with E-state index in [4.69, 9.17) is 16.0 Å². The van der Waals surface area contributed by atoms with Gasteiger partial charge in [-0.3, -0.25) is 4.79 Å². The maximum absolute atomic E-state index is 13.2. The molecule has 2 heterocycles. The highest BCUT2D eigenvalue weighted by molar-refractivity contribution is 7.99. The van der Waals surface area contributed by atoms with Crippen molar-refractivity contribution < 1.29 is 22.4 Å². The van der Waals surface area contributed by atoms with E-state index in [0.717, 1.165) is 56.2 Å². The van der Waals surface area contributed by atoms with Crippen LogP contribution in [0.15, 0.2) is 52.1 Å². The van der Waals surface area contributed by atoms with Gasteiger partial charge in [-0.15, -0.1) is 10.2 Å². The summed E-state index contributed by atoms with van der Waals surface area (Å²) in [4.78, 5) is 14.6. The van der Waals surface area contributed by atoms with E-state index in [1.807, 2.05) is 4.90 Å². The number of thioether (sulfide) groups is 1. The average Bonchev–Trinajstić information content (AvgIpc) is 3.27. The summed E-state index contributed by atoms with van der Waals surface area (Å²) < 4.78 is 45.3. The Hall–Kier alpha value is -2.72. The van der Waals surface area contributed by atoms with Crippen molar-refractivity contribution in [1.29, 1.82) is 0 Å².